The Labute approximate surface area is 112 Å². The Morgan fingerprint density at radius 3 is 2.47 bits per heavy atom. The summed E-state index contributed by atoms with van der Waals surface area (Å²) in [5.41, 5.74) is 2.66. The lowest BCUT2D eigenvalue weighted by atomic mass is 10.2. The van der Waals surface area contributed by atoms with E-state index >= 15 is 0 Å². The van der Waals surface area contributed by atoms with Crippen LogP contribution in [-0.2, 0) is 18.3 Å². The number of hydrogen-bond donors (Lipinski definition) is 1. The summed E-state index contributed by atoms with van der Waals surface area (Å²) in [6, 6.07) is 8.01. The first-order valence-corrected chi connectivity index (χ1v) is 5.99. The van der Waals surface area contributed by atoms with Crippen molar-refractivity contribution in [2.75, 3.05) is 19.0 Å². The number of nitrogens with zero attached hydrogens (tertiary/aromatic N) is 3. The van der Waals surface area contributed by atoms with Gasteiger partial charge in [0.1, 0.15) is 5.82 Å². The highest BCUT2D eigenvalue weighted by Gasteiger charge is 2.10. The van der Waals surface area contributed by atoms with Crippen molar-refractivity contribution in [2.24, 2.45) is 7.05 Å². The van der Waals surface area contributed by atoms with Gasteiger partial charge in [0, 0.05) is 38.6 Å². The van der Waals surface area contributed by atoms with E-state index in [0.717, 1.165) is 17.1 Å². The summed E-state index contributed by atoms with van der Waals surface area (Å²) >= 11 is 0. The van der Waals surface area contributed by atoms with Gasteiger partial charge in [-0.1, -0.05) is 0 Å². The number of rotatable bonds is 4. The Bertz CT molecular complexity index is 585. The number of carbonyl (C=O) groups is 1. The number of anilines is 1. The van der Waals surface area contributed by atoms with Gasteiger partial charge in [0.15, 0.2) is 0 Å². The lowest BCUT2D eigenvalue weighted by Gasteiger charge is -2.12. The van der Waals surface area contributed by atoms with Crippen LogP contribution >= 0.6 is 0 Å². The second-order valence-corrected chi connectivity index (χ2v) is 4.68. The molecule has 0 saturated carbocycles. The standard InChI is InChI=1S/C14H17N3O2/c1-16(2)12-6-4-10(5-7-12)14-15-11(8-13(18)19)9-17(14)3/h4-7,9H,8H2,1-3H3,(H,18,19). The van der Waals surface area contributed by atoms with Crippen LogP contribution < -0.4 is 4.90 Å². The molecule has 0 aliphatic heterocycles. The third kappa shape index (κ3) is 2.93. The van der Waals surface area contributed by atoms with E-state index in [-0.39, 0.29) is 6.42 Å². The maximum absolute atomic E-state index is 10.7. The van der Waals surface area contributed by atoms with E-state index in [1.807, 2.05) is 54.9 Å². The van der Waals surface area contributed by atoms with Gasteiger partial charge in [-0.25, -0.2) is 4.98 Å². The number of aromatic nitrogens is 2. The van der Waals surface area contributed by atoms with E-state index in [0.29, 0.717) is 5.69 Å². The van der Waals surface area contributed by atoms with Crippen molar-refractivity contribution in [2.45, 2.75) is 6.42 Å². The first-order chi connectivity index (χ1) is 8.97. The molecule has 2 aromatic rings. The second kappa shape index (κ2) is 5.14. The molecule has 0 aliphatic carbocycles. The average Bonchev–Trinajstić information content (AvgIpc) is 2.69. The van der Waals surface area contributed by atoms with Crippen LogP contribution in [0.15, 0.2) is 30.5 Å². The van der Waals surface area contributed by atoms with Crippen LogP contribution in [0.2, 0.25) is 0 Å². The molecule has 1 aromatic heterocycles. The maximum atomic E-state index is 10.7. The molecule has 5 heteroatoms. The van der Waals surface area contributed by atoms with E-state index in [1.54, 1.807) is 6.20 Å². The number of aryl methyl sites for hydroxylation is 1. The molecule has 0 amide bonds. The lowest BCUT2D eigenvalue weighted by molar-refractivity contribution is -0.136. The summed E-state index contributed by atoms with van der Waals surface area (Å²) in [6.07, 6.45) is 1.70. The van der Waals surface area contributed by atoms with Gasteiger partial charge in [-0.05, 0) is 24.3 Å². The van der Waals surface area contributed by atoms with Gasteiger partial charge in [0.25, 0.3) is 0 Å². The van der Waals surface area contributed by atoms with Crippen molar-refractivity contribution in [3.8, 4) is 11.4 Å². The Morgan fingerprint density at radius 2 is 1.95 bits per heavy atom. The number of aliphatic carboxylic acids is 1. The number of hydrogen-bond acceptors (Lipinski definition) is 3. The summed E-state index contributed by atoms with van der Waals surface area (Å²) in [5.74, 6) is -0.0887. The zero-order chi connectivity index (χ0) is 14.0. The molecule has 5 nitrogen and oxygen atoms in total. The van der Waals surface area contributed by atoms with Crippen molar-refractivity contribution in [3.63, 3.8) is 0 Å². The summed E-state index contributed by atoms with van der Waals surface area (Å²) < 4.78 is 1.85. The fourth-order valence-electron chi connectivity index (χ4n) is 1.95. The second-order valence-electron chi connectivity index (χ2n) is 4.68. The minimum atomic E-state index is -0.868. The van der Waals surface area contributed by atoms with Crippen LogP contribution in [0.1, 0.15) is 5.69 Å². The highest BCUT2D eigenvalue weighted by Crippen LogP contribution is 2.21. The van der Waals surface area contributed by atoms with Crippen molar-refractivity contribution in [1.29, 1.82) is 0 Å². The Morgan fingerprint density at radius 1 is 1.32 bits per heavy atom. The minimum absolute atomic E-state index is 0.0520. The van der Waals surface area contributed by atoms with Crippen LogP contribution in [0.5, 0.6) is 0 Å². The highest BCUT2D eigenvalue weighted by molar-refractivity contribution is 5.70. The molecule has 1 N–H and O–H groups in total. The van der Waals surface area contributed by atoms with Gasteiger partial charge >= 0.3 is 5.97 Å². The molecular weight excluding hydrogens is 242 g/mol. The fourth-order valence-corrected chi connectivity index (χ4v) is 1.95. The molecular formula is C14H17N3O2. The van der Waals surface area contributed by atoms with E-state index in [1.165, 1.54) is 0 Å². The highest BCUT2D eigenvalue weighted by atomic mass is 16.4. The van der Waals surface area contributed by atoms with Crippen LogP contribution in [0, 0.1) is 0 Å². The van der Waals surface area contributed by atoms with Gasteiger partial charge in [-0.15, -0.1) is 0 Å². The smallest absolute Gasteiger partial charge is 0.309 e. The van der Waals surface area contributed by atoms with Crippen molar-refractivity contribution < 1.29 is 9.90 Å². The van der Waals surface area contributed by atoms with E-state index < -0.39 is 5.97 Å². The number of benzene rings is 1. The van der Waals surface area contributed by atoms with Gasteiger partial charge < -0.3 is 14.6 Å². The molecule has 0 saturated heterocycles. The molecule has 0 radical (unpaired) electrons. The third-order valence-electron chi connectivity index (χ3n) is 2.90. The molecule has 1 heterocycles. The molecule has 0 aliphatic rings. The van der Waals surface area contributed by atoms with E-state index in [9.17, 15) is 4.79 Å². The normalized spacial score (nSPS) is 10.5. The molecule has 2 rings (SSSR count). The summed E-state index contributed by atoms with van der Waals surface area (Å²) in [5, 5.41) is 8.78. The van der Waals surface area contributed by atoms with Gasteiger partial charge in [0.05, 0.1) is 12.1 Å². The number of carboxylic acids is 1. The SMILES string of the molecule is CN(C)c1ccc(-c2nc(CC(=O)O)cn2C)cc1. The lowest BCUT2D eigenvalue weighted by Crippen LogP contribution is -2.08. The predicted octanol–water partition coefficient (Wildman–Crippen LogP) is 1.78. The topological polar surface area (TPSA) is 58.4 Å². The number of imidazole rings is 1. The molecule has 0 bridgehead atoms. The zero-order valence-corrected chi connectivity index (χ0v) is 11.3. The Balaban J connectivity index is 2.30. The van der Waals surface area contributed by atoms with Crippen LogP contribution in [-0.4, -0.2) is 34.7 Å². The quantitative estimate of drug-likeness (QED) is 0.909. The summed E-state index contributed by atoms with van der Waals surface area (Å²) in [6.45, 7) is 0. The first-order valence-electron chi connectivity index (χ1n) is 5.99. The van der Waals surface area contributed by atoms with Gasteiger partial charge in [0.2, 0.25) is 0 Å². The zero-order valence-electron chi connectivity index (χ0n) is 11.3. The molecule has 0 fully saturated rings. The molecule has 100 valence electrons. The van der Waals surface area contributed by atoms with Crippen LogP contribution in [0.25, 0.3) is 11.4 Å². The summed E-state index contributed by atoms with van der Waals surface area (Å²) in [7, 11) is 5.84. The van der Waals surface area contributed by atoms with E-state index in [4.69, 9.17) is 5.11 Å². The maximum Gasteiger partial charge on any atom is 0.309 e. The van der Waals surface area contributed by atoms with Crippen molar-refractivity contribution in [1.82, 2.24) is 9.55 Å². The minimum Gasteiger partial charge on any atom is -0.481 e. The van der Waals surface area contributed by atoms with Crippen LogP contribution in [0.3, 0.4) is 0 Å². The largest absolute Gasteiger partial charge is 0.481 e. The van der Waals surface area contributed by atoms with Gasteiger partial charge in [-0.2, -0.15) is 0 Å². The Hall–Kier alpha value is -2.30. The monoisotopic (exact) mass is 259 g/mol. The van der Waals surface area contributed by atoms with Crippen molar-refractivity contribution >= 4 is 11.7 Å². The third-order valence-corrected chi connectivity index (χ3v) is 2.90. The molecule has 0 atom stereocenters. The molecule has 0 spiro atoms. The Kier molecular flexibility index (Phi) is 3.55. The summed E-state index contributed by atoms with van der Waals surface area (Å²) in [4.78, 5) is 17.1. The number of carboxylic acid groups (broad SMARTS) is 1. The van der Waals surface area contributed by atoms with Crippen molar-refractivity contribution in [3.05, 3.63) is 36.2 Å². The first kappa shape index (κ1) is 13.1. The molecule has 19 heavy (non-hydrogen) atoms. The fraction of sp³-hybridized carbons (Fsp3) is 0.286. The van der Waals surface area contributed by atoms with Crippen LogP contribution in [0.4, 0.5) is 5.69 Å². The predicted molar refractivity (Wildman–Crippen MR) is 74.3 cm³/mol. The average molecular weight is 259 g/mol. The van der Waals surface area contributed by atoms with Gasteiger partial charge in [-0.3, -0.25) is 4.79 Å². The molecule has 1 aromatic carbocycles. The molecule has 0 unspecified atom stereocenters. The van der Waals surface area contributed by atoms with E-state index in [2.05, 4.69) is 4.98 Å².